The Hall–Kier alpha value is -1.29. The molecule has 19 heavy (non-hydrogen) atoms. The van der Waals surface area contributed by atoms with Crippen molar-refractivity contribution in [2.45, 2.75) is 39.0 Å². The summed E-state index contributed by atoms with van der Waals surface area (Å²) >= 11 is 0. The van der Waals surface area contributed by atoms with Gasteiger partial charge in [-0.1, -0.05) is 0 Å². The summed E-state index contributed by atoms with van der Waals surface area (Å²) in [7, 11) is 1.88. The molecule has 1 aliphatic carbocycles. The summed E-state index contributed by atoms with van der Waals surface area (Å²) < 4.78 is 5.49. The first-order chi connectivity index (χ1) is 9.04. The van der Waals surface area contributed by atoms with Gasteiger partial charge in [0.15, 0.2) is 0 Å². The van der Waals surface area contributed by atoms with Crippen molar-refractivity contribution in [1.29, 1.82) is 0 Å². The Morgan fingerprint density at radius 2 is 2.21 bits per heavy atom. The number of carbonyl (C=O) groups excluding carboxylic acids is 1. The fraction of sp³-hybridized carbons (Fsp3) is 0.667. The van der Waals surface area contributed by atoms with Crippen molar-refractivity contribution in [3.05, 3.63) is 23.7 Å². The molecule has 1 aromatic rings. The van der Waals surface area contributed by atoms with E-state index in [9.17, 15) is 4.79 Å². The molecule has 2 rings (SSSR count). The van der Waals surface area contributed by atoms with Crippen molar-refractivity contribution >= 4 is 5.91 Å². The highest BCUT2D eigenvalue weighted by molar-refractivity contribution is 5.75. The summed E-state index contributed by atoms with van der Waals surface area (Å²) in [6.07, 6.45) is 4.57. The van der Waals surface area contributed by atoms with E-state index in [1.165, 1.54) is 0 Å². The van der Waals surface area contributed by atoms with Crippen LogP contribution in [-0.2, 0) is 11.2 Å². The van der Waals surface area contributed by atoms with Gasteiger partial charge >= 0.3 is 0 Å². The van der Waals surface area contributed by atoms with Crippen molar-refractivity contribution in [1.82, 2.24) is 4.90 Å². The van der Waals surface area contributed by atoms with Crippen molar-refractivity contribution in [3.8, 4) is 0 Å². The van der Waals surface area contributed by atoms with Crippen LogP contribution in [0.15, 0.2) is 16.5 Å². The van der Waals surface area contributed by atoms with Gasteiger partial charge in [0.2, 0.25) is 5.91 Å². The van der Waals surface area contributed by atoms with Gasteiger partial charge in [-0.15, -0.1) is 0 Å². The largest absolute Gasteiger partial charge is 0.466 e. The summed E-state index contributed by atoms with van der Waals surface area (Å²) in [4.78, 5) is 13.9. The van der Waals surface area contributed by atoms with E-state index in [1.807, 2.05) is 31.0 Å². The zero-order chi connectivity index (χ0) is 13.9. The predicted molar refractivity (Wildman–Crippen MR) is 74.7 cm³/mol. The van der Waals surface area contributed by atoms with Crippen molar-refractivity contribution in [2.24, 2.45) is 11.1 Å². The molecule has 0 bridgehead atoms. The summed E-state index contributed by atoms with van der Waals surface area (Å²) in [5.41, 5.74) is 5.97. The number of furan rings is 1. The molecule has 1 fully saturated rings. The summed E-state index contributed by atoms with van der Waals surface area (Å²) in [5.74, 6) is 2.11. The normalized spacial score (nSPS) is 16.4. The molecular formula is C15H24N2O2. The van der Waals surface area contributed by atoms with E-state index in [0.29, 0.717) is 13.0 Å². The Bertz CT molecular complexity index is 435. The highest BCUT2D eigenvalue weighted by atomic mass is 16.3. The maximum atomic E-state index is 12.0. The number of hydrogen-bond donors (Lipinski definition) is 1. The van der Waals surface area contributed by atoms with Gasteiger partial charge in [0.05, 0.1) is 0 Å². The van der Waals surface area contributed by atoms with Crippen LogP contribution in [0, 0.1) is 12.3 Å². The molecule has 0 unspecified atom stereocenters. The van der Waals surface area contributed by atoms with Crippen LogP contribution in [-0.4, -0.2) is 30.9 Å². The lowest BCUT2D eigenvalue weighted by Gasteiger charge is -2.22. The number of amides is 1. The molecule has 4 heteroatoms. The molecule has 0 aromatic carbocycles. The molecule has 0 spiro atoms. The second-order valence-corrected chi connectivity index (χ2v) is 5.82. The van der Waals surface area contributed by atoms with Crippen LogP contribution in [0.3, 0.4) is 0 Å². The van der Waals surface area contributed by atoms with Crippen LogP contribution in [0.25, 0.3) is 0 Å². The highest BCUT2D eigenvalue weighted by Crippen LogP contribution is 2.44. The minimum atomic E-state index is 0.211. The lowest BCUT2D eigenvalue weighted by atomic mass is 10.1. The van der Waals surface area contributed by atoms with Gasteiger partial charge in [-0.3, -0.25) is 4.79 Å². The average Bonchev–Trinajstić information content (AvgIpc) is 3.04. The van der Waals surface area contributed by atoms with Crippen LogP contribution in [0.5, 0.6) is 0 Å². The van der Waals surface area contributed by atoms with Crippen molar-refractivity contribution in [3.63, 3.8) is 0 Å². The molecule has 0 aliphatic heterocycles. The van der Waals surface area contributed by atoms with Crippen molar-refractivity contribution in [2.75, 3.05) is 20.1 Å². The maximum Gasteiger partial charge on any atom is 0.222 e. The third-order valence-electron chi connectivity index (χ3n) is 4.00. The highest BCUT2D eigenvalue weighted by Gasteiger charge is 2.42. The number of rotatable bonds is 7. The van der Waals surface area contributed by atoms with Gasteiger partial charge in [0, 0.05) is 31.8 Å². The molecule has 1 amide bonds. The first kappa shape index (κ1) is 14.1. The smallest absolute Gasteiger partial charge is 0.222 e. The van der Waals surface area contributed by atoms with E-state index < -0.39 is 0 Å². The Morgan fingerprint density at radius 3 is 2.74 bits per heavy atom. The summed E-state index contributed by atoms with van der Waals surface area (Å²) in [6.45, 7) is 3.43. The number of nitrogens with zero attached hydrogens (tertiary/aromatic N) is 1. The Labute approximate surface area is 114 Å². The van der Waals surface area contributed by atoms with E-state index >= 15 is 0 Å². The quantitative estimate of drug-likeness (QED) is 0.820. The molecule has 106 valence electrons. The second-order valence-electron chi connectivity index (χ2n) is 5.82. The van der Waals surface area contributed by atoms with Crippen LogP contribution in [0.2, 0.25) is 0 Å². The fourth-order valence-electron chi connectivity index (χ4n) is 2.42. The van der Waals surface area contributed by atoms with Gasteiger partial charge < -0.3 is 15.1 Å². The minimum Gasteiger partial charge on any atom is -0.466 e. The van der Waals surface area contributed by atoms with E-state index in [-0.39, 0.29) is 11.3 Å². The first-order valence-electron chi connectivity index (χ1n) is 7.04. The number of nitrogens with two attached hydrogens (primary N) is 1. The zero-order valence-electron chi connectivity index (χ0n) is 11.9. The topological polar surface area (TPSA) is 59.5 Å². The van der Waals surface area contributed by atoms with Crippen LogP contribution in [0.1, 0.15) is 37.2 Å². The fourth-order valence-corrected chi connectivity index (χ4v) is 2.42. The van der Waals surface area contributed by atoms with Gasteiger partial charge in [0.1, 0.15) is 11.5 Å². The van der Waals surface area contributed by atoms with Crippen LogP contribution < -0.4 is 5.73 Å². The van der Waals surface area contributed by atoms with E-state index in [2.05, 4.69) is 0 Å². The van der Waals surface area contributed by atoms with E-state index in [4.69, 9.17) is 10.2 Å². The Morgan fingerprint density at radius 1 is 1.47 bits per heavy atom. The van der Waals surface area contributed by atoms with Gasteiger partial charge in [-0.2, -0.15) is 0 Å². The molecule has 1 aromatic heterocycles. The van der Waals surface area contributed by atoms with E-state index in [0.717, 1.165) is 43.7 Å². The zero-order valence-corrected chi connectivity index (χ0v) is 11.9. The van der Waals surface area contributed by atoms with Crippen molar-refractivity contribution < 1.29 is 9.21 Å². The number of aryl methyl sites for hydroxylation is 2. The van der Waals surface area contributed by atoms with Crippen LogP contribution >= 0.6 is 0 Å². The minimum absolute atomic E-state index is 0.211. The van der Waals surface area contributed by atoms with Gasteiger partial charge in [-0.25, -0.2) is 0 Å². The SMILES string of the molecule is Cc1ccc(CCCC(=O)N(C)CC2(CN)CC2)o1. The molecule has 1 heterocycles. The molecular weight excluding hydrogens is 240 g/mol. The average molecular weight is 264 g/mol. The van der Waals surface area contributed by atoms with Crippen LogP contribution in [0.4, 0.5) is 0 Å². The molecule has 2 N–H and O–H groups in total. The molecule has 1 aliphatic rings. The van der Waals surface area contributed by atoms with E-state index in [1.54, 1.807) is 0 Å². The van der Waals surface area contributed by atoms with Gasteiger partial charge in [0.25, 0.3) is 0 Å². The third-order valence-corrected chi connectivity index (χ3v) is 4.00. The molecule has 0 saturated heterocycles. The monoisotopic (exact) mass is 264 g/mol. The summed E-state index contributed by atoms with van der Waals surface area (Å²) in [6, 6.07) is 3.94. The molecule has 4 nitrogen and oxygen atoms in total. The molecule has 0 radical (unpaired) electrons. The maximum absolute atomic E-state index is 12.0. The molecule has 1 saturated carbocycles. The molecule has 0 atom stereocenters. The number of carbonyl (C=O) groups is 1. The first-order valence-corrected chi connectivity index (χ1v) is 7.04. The Balaban J connectivity index is 1.69. The third kappa shape index (κ3) is 3.83. The summed E-state index contributed by atoms with van der Waals surface area (Å²) in [5, 5.41) is 0. The lowest BCUT2D eigenvalue weighted by Crippen LogP contribution is -2.35. The standard InChI is InChI=1S/C15H24N2O2/c1-12-6-7-13(19-12)4-3-5-14(18)17(2)11-15(10-16)8-9-15/h6-7H,3-5,8-11,16H2,1-2H3. The lowest BCUT2D eigenvalue weighted by molar-refractivity contribution is -0.130. The predicted octanol–water partition coefficient (Wildman–Crippen LogP) is 2.11. The second kappa shape index (κ2) is 5.78. The Kier molecular flexibility index (Phi) is 4.30. The number of hydrogen-bond acceptors (Lipinski definition) is 3. The van der Waals surface area contributed by atoms with Gasteiger partial charge in [-0.05, 0) is 44.9 Å².